The van der Waals surface area contributed by atoms with Crippen LogP contribution in [-0.2, 0) is 15.2 Å². The standard InChI is InChI=1S/C19H19Cl2FN4O5/c1-19(29,8-3-4-9(20)10(21)5-8)15-13(27)14(28)18(31-15)26-6-11(22)12-16(25-30-2)23-7-24-17(12)26/h3-7,13-15,18,27-29H,1-2H3,(H,23,24,25)/t13-,14+,15-,18+,19+/m0/s1. The summed E-state index contributed by atoms with van der Waals surface area (Å²) in [7, 11) is 1.30. The molecule has 4 rings (SSSR count). The maximum Gasteiger partial charge on any atom is 0.206 e. The molecule has 5 atom stereocenters. The lowest BCUT2D eigenvalue weighted by molar-refractivity contribution is -0.135. The highest BCUT2D eigenvalue weighted by Gasteiger charge is 2.52. The molecule has 9 nitrogen and oxygen atoms in total. The number of aromatic nitrogens is 3. The van der Waals surface area contributed by atoms with Gasteiger partial charge in [-0.2, -0.15) is 0 Å². The Morgan fingerprint density at radius 1 is 1.29 bits per heavy atom. The number of aromatic amines is 1. The molecular weight excluding hydrogens is 454 g/mol. The van der Waals surface area contributed by atoms with Crippen LogP contribution in [0, 0.1) is 5.82 Å². The predicted octanol–water partition coefficient (Wildman–Crippen LogP) is 1.80. The SMILES string of the molecule is CON=c1nc[nH]c2c1c(F)cn2[C@@H]1O[C@H]([C@](C)(O)c2ccc(Cl)c(Cl)c2)[C@@H](O)[C@H]1O. The molecule has 1 aliphatic rings. The summed E-state index contributed by atoms with van der Waals surface area (Å²) in [5.74, 6) is -0.694. The third-order valence-corrected chi connectivity index (χ3v) is 6.09. The molecule has 12 heteroatoms. The summed E-state index contributed by atoms with van der Waals surface area (Å²) in [4.78, 5) is 11.4. The average molecular weight is 473 g/mol. The van der Waals surface area contributed by atoms with Crippen LogP contribution in [0.4, 0.5) is 4.39 Å². The summed E-state index contributed by atoms with van der Waals surface area (Å²) in [6.45, 7) is 1.41. The van der Waals surface area contributed by atoms with E-state index >= 15 is 0 Å². The van der Waals surface area contributed by atoms with E-state index in [1.807, 2.05) is 0 Å². The monoisotopic (exact) mass is 472 g/mol. The fraction of sp³-hybridized carbons (Fsp3) is 0.368. The Balaban J connectivity index is 1.75. The number of nitrogens with zero attached hydrogens (tertiary/aromatic N) is 3. The minimum Gasteiger partial charge on any atom is -0.397 e. The van der Waals surface area contributed by atoms with Crippen molar-refractivity contribution in [2.24, 2.45) is 5.16 Å². The highest BCUT2D eigenvalue weighted by Crippen LogP contribution is 2.41. The number of rotatable bonds is 4. The van der Waals surface area contributed by atoms with E-state index in [4.69, 9.17) is 32.8 Å². The van der Waals surface area contributed by atoms with Crippen LogP contribution in [0.25, 0.3) is 11.0 Å². The number of benzene rings is 1. The van der Waals surface area contributed by atoms with Crippen LogP contribution in [-0.4, -0.2) is 55.3 Å². The largest absolute Gasteiger partial charge is 0.397 e. The number of hydrogen-bond donors (Lipinski definition) is 4. The number of aliphatic hydroxyl groups excluding tert-OH is 2. The van der Waals surface area contributed by atoms with Gasteiger partial charge in [0.15, 0.2) is 12.0 Å². The zero-order chi connectivity index (χ0) is 22.5. The van der Waals surface area contributed by atoms with Crippen LogP contribution in [0.1, 0.15) is 18.7 Å². The lowest BCUT2D eigenvalue weighted by Gasteiger charge is -2.32. The van der Waals surface area contributed by atoms with Crippen molar-refractivity contribution in [2.45, 2.75) is 37.1 Å². The second kappa shape index (κ2) is 8.05. The number of fused-ring (bicyclic) bond motifs is 1. The van der Waals surface area contributed by atoms with E-state index in [2.05, 4.69) is 15.1 Å². The maximum atomic E-state index is 14.7. The summed E-state index contributed by atoms with van der Waals surface area (Å²) >= 11 is 12.0. The first-order chi connectivity index (χ1) is 14.7. The molecule has 1 aromatic carbocycles. The molecule has 0 bridgehead atoms. The number of aliphatic hydroxyl groups is 3. The zero-order valence-electron chi connectivity index (χ0n) is 16.3. The van der Waals surface area contributed by atoms with E-state index in [9.17, 15) is 19.7 Å². The van der Waals surface area contributed by atoms with Gasteiger partial charge in [0, 0.05) is 6.20 Å². The van der Waals surface area contributed by atoms with Crippen molar-refractivity contribution < 1.29 is 29.3 Å². The van der Waals surface area contributed by atoms with Crippen LogP contribution in [0.15, 0.2) is 35.9 Å². The van der Waals surface area contributed by atoms with Crippen molar-refractivity contribution in [3.63, 3.8) is 0 Å². The first kappa shape index (κ1) is 22.0. The molecular formula is C19H19Cl2FN4O5. The Bertz CT molecular complexity index is 1200. The van der Waals surface area contributed by atoms with Crippen molar-refractivity contribution in [3.8, 4) is 0 Å². The van der Waals surface area contributed by atoms with E-state index in [0.29, 0.717) is 10.6 Å². The lowest BCUT2D eigenvalue weighted by Crippen LogP contribution is -2.45. The van der Waals surface area contributed by atoms with Crippen LogP contribution in [0.3, 0.4) is 0 Å². The first-order valence-corrected chi connectivity index (χ1v) is 9.92. The quantitative estimate of drug-likeness (QED) is 0.429. The third kappa shape index (κ3) is 3.59. The molecule has 2 aromatic heterocycles. The van der Waals surface area contributed by atoms with Gasteiger partial charge in [-0.05, 0) is 24.6 Å². The Morgan fingerprint density at radius 3 is 2.71 bits per heavy atom. The molecule has 3 heterocycles. The van der Waals surface area contributed by atoms with Gasteiger partial charge in [0.25, 0.3) is 0 Å². The van der Waals surface area contributed by atoms with Gasteiger partial charge in [0.1, 0.15) is 42.1 Å². The fourth-order valence-electron chi connectivity index (χ4n) is 3.76. The molecule has 0 unspecified atom stereocenters. The van der Waals surface area contributed by atoms with E-state index in [-0.39, 0.29) is 21.5 Å². The Hall–Kier alpha value is -2.21. The molecule has 0 spiro atoms. The summed E-state index contributed by atoms with van der Waals surface area (Å²) in [6, 6.07) is 4.48. The number of ether oxygens (including phenoxy) is 1. The topological polar surface area (TPSA) is 125 Å². The van der Waals surface area contributed by atoms with Crippen LogP contribution in [0.2, 0.25) is 10.0 Å². The van der Waals surface area contributed by atoms with Gasteiger partial charge in [-0.3, -0.25) is 0 Å². The highest BCUT2D eigenvalue weighted by molar-refractivity contribution is 6.42. The predicted molar refractivity (Wildman–Crippen MR) is 109 cm³/mol. The smallest absolute Gasteiger partial charge is 0.206 e. The number of hydrogen-bond acceptors (Lipinski definition) is 7. The van der Waals surface area contributed by atoms with E-state index in [1.54, 1.807) is 0 Å². The first-order valence-electron chi connectivity index (χ1n) is 9.17. The maximum absolute atomic E-state index is 14.7. The summed E-state index contributed by atoms with van der Waals surface area (Å²) < 4.78 is 21.8. The molecule has 1 saturated heterocycles. The number of nitrogens with one attached hydrogen (secondary N) is 1. The second-order valence-corrected chi connectivity index (χ2v) is 8.13. The molecule has 0 saturated carbocycles. The van der Waals surface area contributed by atoms with Gasteiger partial charge in [0.05, 0.1) is 16.4 Å². The Labute approximate surface area is 185 Å². The summed E-state index contributed by atoms with van der Waals surface area (Å²) in [5.41, 5.74) is -1.26. The van der Waals surface area contributed by atoms with Gasteiger partial charge in [-0.1, -0.05) is 34.4 Å². The van der Waals surface area contributed by atoms with Crippen LogP contribution >= 0.6 is 23.2 Å². The third-order valence-electron chi connectivity index (χ3n) is 5.35. The second-order valence-electron chi connectivity index (χ2n) is 7.31. The number of H-pyrrole nitrogens is 1. The van der Waals surface area contributed by atoms with Crippen LogP contribution < -0.4 is 5.49 Å². The average Bonchev–Trinajstić information content (AvgIpc) is 3.22. The van der Waals surface area contributed by atoms with E-state index < -0.39 is 36.0 Å². The van der Waals surface area contributed by atoms with Gasteiger partial charge < -0.3 is 34.4 Å². The molecule has 0 amide bonds. The molecule has 1 aliphatic heterocycles. The van der Waals surface area contributed by atoms with Gasteiger partial charge in [0.2, 0.25) is 5.49 Å². The number of halogens is 3. The molecule has 0 aliphatic carbocycles. The van der Waals surface area contributed by atoms with Crippen molar-refractivity contribution in [1.29, 1.82) is 0 Å². The van der Waals surface area contributed by atoms with Crippen molar-refractivity contribution in [3.05, 3.63) is 57.6 Å². The zero-order valence-corrected chi connectivity index (χ0v) is 17.8. The summed E-state index contributed by atoms with van der Waals surface area (Å²) in [5, 5.41) is 36.7. The van der Waals surface area contributed by atoms with Gasteiger partial charge in [-0.25, -0.2) is 9.37 Å². The van der Waals surface area contributed by atoms with Crippen molar-refractivity contribution in [2.75, 3.05) is 7.11 Å². The molecule has 4 N–H and O–H groups in total. The molecule has 1 fully saturated rings. The highest BCUT2D eigenvalue weighted by atomic mass is 35.5. The van der Waals surface area contributed by atoms with Gasteiger partial charge >= 0.3 is 0 Å². The Morgan fingerprint density at radius 2 is 2.03 bits per heavy atom. The molecule has 31 heavy (non-hydrogen) atoms. The van der Waals surface area contributed by atoms with E-state index in [0.717, 1.165) is 6.20 Å². The van der Waals surface area contributed by atoms with Crippen molar-refractivity contribution in [1.82, 2.24) is 14.5 Å². The van der Waals surface area contributed by atoms with Gasteiger partial charge in [-0.15, -0.1) is 0 Å². The van der Waals surface area contributed by atoms with Crippen LogP contribution in [0.5, 0.6) is 0 Å². The lowest BCUT2D eigenvalue weighted by atomic mass is 9.87. The fourth-order valence-corrected chi connectivity index (χ4v) is 4.06. The Kier molecular flexibility index (Phi) is 5.71. The molecule has 0 radical (unpaired) electrons. The molecule has 3 aromatic rings. The minimum absolute atomic E-state index is 0.00864. The summed E-state index contributed by atoms with van der Waals surface area (Å²) in [6.07, 6.45) is -3.13. The normalized spacial score (nSPS) is 26.4. The van der Waals surface area contributed by atoms with Crippen molar-refractivity contribution >= 4 is 34.2 Å². The minimum atomic E-state index is -1.76. The van der Waals surface area contributed by atoms with E-state index in [1.165, 1.54) is 43.1 Å². The molecule has 166 valence electrons.